The maximum Gasteiger partial charge on any atom is -0.00462 e. The van der Waals surface area contributed by atoms with E-state index in [2.05, 4.69) is 12.2 Å². The first-order valence-corrected chi connectivity index (χ1v) is 6.07. The zero-order chi connectivity index (χ0) is 9.10. The Morgan fingerprint density at radius 3 is 2.38 bits per heavy atom. The number of piperidine rings is 1. The van der Waals surface area contributed by atoms with Crippen molar-refractivity contribution in [1.82, 2.24) is 5.32 Å². The molecule has 2 fully saturated rings. The average molecular weight is 181 g/mol. The number of nitrogens with one attached hydrogen (secondary N) is 1. The lowest BCUT2D eigenvalue weighted by molar-refractivity contribution is 0.172. The Labute approximate surface area is 82.3 Å². The van der Waals surface area contributed by atoms with E-state index < -0.39 is 0 Å². The Bertz CT molecular complexity index is 149. The smallest absolute Gasteiger partial charge is 0.00462 e. The Balaban J connectivity index is 1.83. The number of hydrogen-bond acceptors (Lipinski definition) is 1. The van der Waals surface area contributed by atoms with Gasteiger partial charge in [-0.3, -0.25) is 0 Å². The SMILES string of the molecule is CC1CCC[C@H](C2CCNCC2)C1. The lowest BCUT2D eigenvalue weighted by Crippen LogP contribution is -2.33. The van der Waals surface area contributed by atoms with Gasteiger partial charge < -0.3 is 5.32 Å². The summed E-state index contributed by atoms with van der Waals surface area (Å²) in [6.45, 7) is 4.98. The monoisotopic (exact) mass is 181 g/mol. The van der Waals surface area contributed by atoms with Gasteiger partial charge in [0.1, 0.15) is 0 Å². The minimum atomic E-state index is 1.01. The van der Waals surface area contributed by atoms with E-state index in [9.17, 15) is 0 Å². The molecule has 1 aliphatic carbocycles. The molecule has 0 radical (unpaired) electrons. The van der Waals surface area contributed by atoms with Gasteiger partial charge in [0, 0.05) is 0 Å². The molecule has 2 aliphatic rings. The highest BCUT2D eigenvalue weighted by atomic mass is 14.9. The van der Waals surface area contributed by atoms with Crippen LogP contribution in [0.5, 0.6) is 0 Å². The summed E-state index contributed by atoms with van der Waals surface area (Å²) < 4.78 is 0. The Hall–Kier alpha value is -0.0400. The molecular formula is C12H23N. The van der Waals surface area contributed by atoms with Crippen molar-refractivity contribution in [2.75, 3.05) is 13.1 Å². The molecule has 1 heterocycles. The molecule has 0 bridgehead atoms. The maximum absolute atomic E-state index is 3.47. The van der Waals surface area contributed by atoms with Gasteiger partial charge in [-0.05, 0) is 50.1 Å². The van der Waals surface area contributed by atoms with Crippen molar-refractivity contribution in [3.8, 4) is 0 Å². The van der Waals surface area contributed by atoms with Gasteiger partial charge in [0.25, 0.3) is 0 Å². The zero-order valence-electron chi connectivity index (χ0n) is 8.89. The fourth-order valence-corrected chi connectivity index (χ4v) is 3.22. The van der Waals surface area contributed by atoms with E-state index in [0.29, 0.717) is 0 Å². The van der Waals surface area contributed by atoms with Crippen molar-refractivity contribution in [3.05, 3.63) is 0 Å². The highest BCUT2D eigenvalue weighted by molar-refractivity contribution is 4.80. The molecule has 0 amide bonds. The molecule has 0 aromatic heterocycles. The van der Waals surface area contributed by atoms with Crippen LogP contribution < -0.4 is 5.32 Å². The van der Waals surface area contributed by atoms with Gasteiger partial charge in [-0.1, -0.05) is 26.2 Å². The average Bonchev–Trinajstić information content (AvgIpc) is 2.19. The molecule has 1 unspecified atom stereocenters. The number of rotatable bonds is 1. The number of hydrogen-bond donors (Lipinski definition) is 1. The van der Waals surface area contributed by atoms with Crippen LogP contribution in [0.2, 0.25) is 0 Å². The molecule has 2 atom stereocenters. The first kappa shape index (κ1) is 9.51. The zero-order valence-corrected chi connectivity index (χ0v) is 8.89. The maximum atomic E-state index is 3.47. The summed E-state index contributed by atoms with van der Waals surface area (Å²) in [5.74, 6) is 3.14. The fraction of sp³-hybridized carbons (Fsp3) is 1.00. The summed E-state index contributed by atoms with van der Waals surface area (Å²) in [6, 6.07) is 0. The summed E-state index contributed by atoms with van der Waals surface area (Å²) in [4.78, 5) is 0. The quantitative estimate of drug-likeness (QED) is 0.656. The summed E-state index contributed by atoms with van der Waals surface area (Å²) in [6.07, 6.45) is 8.91. The Kier molecular flexibility index (Phi) is 3.26. The molecular weight excluding hydrogens is 158 g/mol. The Morgan fingerprint density at radius 1 is 0.923 bits per heavy atom. The predicted molar refractivity (Wildman–Crippen MR) is 56.7 cm³/mol. The molecule has 76 valence electrons. The second-order valence-electron chi connectivity index (χ2n) is 5.12. The Morgan fingerprint density at radius 2 is 1.69 bits per heavy atom. The highest BCUT2D eigenvalue weighted by Crippen LogP contribution is 2.36. The van der Waals surface area contributed by atoms with Crippen molar-refractivity contribution < 1.29 is 0 Å². The molecule has 1 heteroatoms. The van der Waals surface area contributed by atoms with E-state index in [0.717, 1.165) is 17.8 Å². The van der Waals surface area contributed by atoms with E-state index in [4.69, 9.17) is 0 Å². The van der Waals surface area contributed by atoms with Crippen molar-refractivity contribution in [3.63, 3.8) is 0 Å². The fourth-order valence-electron chi connectivity index (χ4n) is 3.22. The second-order valence-corrected chi connectivity index (χ2v) is 5.12. The van der Waals surface area contributed by atoms with E-state index in [1.165, 1.54) is 51.6 Å². The molecule has 2 rings (SSSR count). The molecule has 0 aromatic rings. The summed E-state index contributed by atoms with van der Waals surface area (Å²) >= 11 is 0. The van der Waals surface area contributed by atoms with E-state index in [-0.39, 0.29) is 0 Å². The van der Waals surface area contributed by atoms with Gasteiger partial charge in [0.15, 0.2) is 0 Å². The van der Waals surface area contributed by atoms with Crippen LogP contribution >= 0.6 is 0 Å². The van der Waals surface area contributed by atoms with Gasteiger partial charge in [-0.2, -0.15) is 0 Å². The van der Waals surface area contributed by atoms with Crippen molar-refractivity contribution in [2.45, 2.75) is 45.4 Å². The normalized spacial score (nSPS) is 37.6. The lowest BCUT2D eigenvalue weighted by atomic mass is 9.73. The minimum absolute atomic E-state index is 1.01. The van der Waals surface area contributed by atoms with Crippen LogP contribution in [0.4, 0.5) is 0 Å². The van der Waals surface area contributed by atoms with Crippen molar-refractivity contribution in [1.29, 1.82) is 0 Å². The molecule has 1 nitrogen and oxygen atoms in total. The van der Waals surface area contributed by atoms with Crippen LogP contribution in [-0.4, -0.2) is 13.1 Å². The van der Waals surface area contributed by atoms with E-state index in [1.807, 2.05) is 0 Å². The van der Waals surface area contributed by atoms with Crippen LogP contribution in [0.1, 0.15) is 45.4 Å². The largest absolute Gasteiger partial charge is 0.317 e. The summed E-state index contributed by atoms with van der Waals surface area (Å²) in [5.41, 5.74) is 0. The highest BCUT2D eigenvalue weighted by Gasteiger charge is 2.27. The minimum Gasteiger partial charge on any atom is -0.317 e. The van der Waals surface area contributed by atoms with Crippen LogP contribution in [0.25, 0.3) is 0 Å². The first-order valence-electron chi connectivity index (χ1n) is 6.07. The van der Waals surface area contributed by atoms with Gasteiger partial charge >= 0.3 is 0 Å². The molecule has 1 saturated heterocycles. The lowest BCUT2D eigenvalue weighted by Gasteiger charge is -2.35. The van der Waals surface area contributed by atoms with Crippen LogP contribution in [0, 0.1) is 17.8 Å². The van der Waals surface area contributed by atoms with Gasteiger partial charge in [0.05, 0.1) is 0 Å². The topological polar surface area (TPSA) is 12.0 Å². The van der Waals surface area contributed by atoms with Crippen LogP contribution in [-0.2, 0) is 0 Å². The molecule has 1 N–H and O–H groups in total. The molecule has 1 saturated carbocycles. The van der Waals surface area contributed by atoms with E-state index in [1.54, 1.807) is 0 Å². The van der Waals surface area contributed by atoms with Crippen molar-refractivity contribution in [2.24, 2.45) is 17.8 Å². The molecule has 0 spiro atoms. The molecule has 13 heavy (non-hydrogen) atoms. The predicted octanol–water partition coefficient (Wildman–Crippen LogP) is 2.81. The van der Waals surface area contributed by atoms with Crippen molar-refractivity contribution >= 4 is 0 Å². The van der Waals surface area contributed by atoms with Crippen LogP contribution in [0.15, 0.2) is 0 Å². The van der Waals surface area contributed by atoms with Gasteiger partial charge in [-0.15, -0.1) is 0 Å². The third-order valence-corrected chi connectivity index (χ3v) is 4.03. The van der Waals surface area contributed by atoms with Crippen LogP contribution in [0.3, 0.4) is 0 Å². The standard InChI is InChI=1S/C12H23N/c1-10-3-2-4-12(9-10)11-5-7-13-8-6-11/h10-13H,2-9H2,1H3/t10?,12-/m0/s1. The second kappa shape index (κ2) is 4.45. The first-order chi connectivity index (χ1) is 6.36. The third-order valence-electron chi connectivity index (χ3n) is 4.03. The van der Waals surface area contributed by atoms with Gasteiger partial charge in [0.2, 0.25) is 0 Å². The summed E-state index contributed by atoms with van der Waals surface area (Å²) in [7, 11) is 0. The third kappa shape index (κ3) is 2.46. The molecule has 0 aromatic carbocycles. The summed E-state index contributed by atoms with van der Waals surface area (Å²) in [5, 5.41) is 3.47. The van der Waals surface area contributed by atoms with E-state index >= 15 is 0 Å². The van der Waals surface area contributed by atoms with Gasteiger partial charge in [-0.25, -0.2) is 0 Å². The molecule has 1 aliphatic heterocycles.